The number of carbonyl (C=O) groups is 2. The molecule has 2 heterocycles. The van der Waals surface area contributed by atoms with Crippen molar-refractivity contribution in [2.75, 3.05) is 20.3 Å². The highest BCUT2D eigenvalue weighted by molar-refractivity contribution is 6.46. The molecule has 0 saturated carbocycles. The van der Waals surface area contributed by atoms with E-state index in [2.05, 4.69) is 4.98 Å². The van der Waals surface area contributed by atoms with Crippen LogP contribution in [0.5, 0.6) is 0 Å². The van der Waals surface area contributed by atoms with E-state index in [1.54, 1.807) is 30.5 Å². The van der Waals surface area contributed by atoms with Gasteiger partial charge in [-0.15, -0.1) is 0 Å². The van der Waals surface area contributed by atoms with Gasteiger partial charge in [0.2, 0.25) is 0 Å². The van der Waals surface area contributed by atoms with E-state index in [4.69, 9.17) is 4.74 Å². The number of aliphatic hydroxyl groups is 1. The lowest BCUT2D eigenvalue weighted by Gasteiger charge is -2.24. The van der Waals surface area contributed by atoms with Crippen LogP contribution in [0.4, 0.5) is 0 Å². The predicted octanol–water partition coefficient (Wildman–Crippen LogP) is 3.30. The van der Waals surface area contributed by atoms with Crippen molar-refractivity contribution in [2.45, 2.75) is 6.04 Å². The molecule has 0 radical (unpaired) electrons. The molecule has 0 bridgehead atoms. The number of fused-ring (bicyclic) bond motifs is 1. The number of ketones is 1. The van der Waals surface area contributed by atoms with E-state index >= 15 is 0 Å². The summed E-state index contributed by atoms with van der Waals surface area (Å²) in [6, 6.07) is 17.7. The second kappa shape index (κ2) is 7.85. The molecule has 6 heteroatoms. The van der Waals surface area contributed by atoms with Gasteiger partial charge in [0.1, 0.15) is 11.8 Å². The molecule has 1 amide bonds. The highest BCUT2D eigenvalue weighted by Gasteiger charge is 2.46. The highest BCUT2D eigenvalue weighted by Crippen LogP contribution is 2.38. The Morgan fingerprint density at radius 1 is 1.07 bits per heavy atom. The van der Waals surface area contributed by atoms with Crippen molar-refractivity contribution in [3.05, 3.63) is 83.7 Å². The molecule has 1 saturated heterocycles. The first-order valence-electron chi connectivity index (χ1n) is 9.29. The van der Waals surface area contributed by atoms with Crippen LogP contribution in [0.25, 0.3) is 16.5 Å². The van der Waals surface area contributed by atoms with Gasteiger partial charge in [-0.05, 0) is 29.0 Å². The molecule has 4 rings (SSSR count). The molecule has 0 spiro atoms. The Morgan fingerprint density at radius 2 is 1.83 bits per heavy atom. The van der Waals surface area contributed by atoms with Gasteiger partial charge in [-0.25, -0.2) is 0 Å². The van der Waals surface area contributed by atoms with Crippen molar-refractivity contribution in [3.8, 4) is 0 Å². The van der Waals surface area contributed by atoms with E-state index in [1.165, 1.54) is 12.0 Å². The SMILES string of the molecule is COCCN1C(=O)C(=O)/C(=C(\O)c2ccc3ccccc3c2)C1c1ccccn1. The van der Waals surface area contributed by atoms with E-state index in [0.29, 0.717) is 11.3 Å². The summed E-state index contributed by atoms with van der Waals surface area (Å²) in [6.45, 7) is 0.489. The smallest absolute Gasteiger partial charge is 0.295 e. The van der Waals surface area contributed by atoms with Crippen LogP contribution >= 0.6 is 0 Å². The Balaban J connectivity index is 1.87. The van der Waals surface area contributed by atoms with Crippen molar-refractivity contribution in [1.29, 1.82) is 0 Å². The van der Waals surface area contributed by atoms with Gasteiger partial charge < -0.3 is 14.7 Å². The first-order chi connectivity index (χ1) is 14.1. The van der Waals surface area contributed by atoms with E-state index in [1.807, 2.05) is 36.4 Å². The fourth-order valence-electron chi connectivity index (χ4n) is 3.64. The summed E-state index contributed by atoms with van der Waals surface area (Å²) in [7, 11) is 1.53. The maximum Gasteiger partial charge on any atom is 0.295 e. The molecule has 1 N–H and O–H groups in total. The fraction of sp³-hybridized carbons (Fsp3) is 0.174. The van der Waals surface area contributed by atoms with Crippen LogP contribution in [0.1, 0.15) is 17.3 Å². The molecule has 1 unspecified atom stereocenters. The summed E-state index contributed by atoms with van der Waals surface area (Å²) in [4.78, 5) is 31.3. The van der Waals surface area contributed by atoms with Gasteiger partial charge in [-0.2, -0.15) is 0 Å². The van der Waals surface area contributed by atoms with Gasteiger partial charge in [0.25, 0.3) is 11.7 Å². The molecule has 1 aromatic heterocycles. The van der Waals surface area contributed by atoms with Crippen LogP contribution in [0, 0.1) is 0 Å². The van der Waals surface area contributed by atoms with Crippen LogP contribution in [0.2, 0.25) is 0 Å². The number of pyridine rings is 1. The number of methoxy groups -OCH3 is 1. The number of nitrogens with zero attached hydrogens (tertiary/aromatic N) is 2. The van der Waals surface area contributed by atoms with Gasteiger partial charge in [0.15, 0.2) is 0 Å². The van der Waals surface area contributed by atoms with Gasteiger partial charge >= 0.3 is 0 Å². The summed E-state index contributed by atoms with van der Waals surface area (Å²) < 4.78 is 5.10. The van der Waals surface area contributed by atoms with Gasteiger partial charge in [0.05, 0.1) is 17.9 Å². The van der Waals surface area contributed by atoms with Crippen LogP contribution in [0.15, 0.2) is 72.4 Å². The number of rotatable bonds is 5. The standard InChI is InChI=1S/C23H20N2O4/c1-29-13-12-25-20(18-8-4-5-11-24-18)19(22(27)23(25)28)21(26)17-10-9-15-6-2-3-7-16(15)14-17/h2-11,14,20,26H,12-13H2,1H3/b21-19-. The Labute approximate surface area is 168 Å². The average molecular weight is 388 g/mol. The largest absolute Gasteiger partial charge is 0.507 e. The Kier molecular flexibility index (Phi) is 5.10. The maximum atomic E-state index is 12.9. The number of hydrogen-bond acceptors (Lipinski definition) is 5. The Hall–Kier alpha value is -3.51. The number of benzene rings is 2. The average Bonchev–Trinajstić information content (AvgIpc) is 3.02. The summed E-state index contributed by atoms with van der Waals surface area (Å²) in [5.41, 5.74) is 1.04. The third kappa shape index (κ3) is 3.39. The second-order valence-electron chi connectivity index (χ2n) is 6.80. The number of Topliss-reactive ketones (excluding diaryl/α,β-unsaturated/α-hetero) is 1. The number of carbonyl (C=O) groups excluding carboxylic acids is 2. The molecule has 1 aliphatic rings. The maximum absolute atomic E-state index is 12.9. The first kappa shape index (κ1) is 18.8. The molecule has 2 aromatic carbocycles. The summed E-state index contributed by atoms with van der Waals surface area (Å²) in [5, 5.41) is 13.0. The molecular weight excluding hydrogens is 368 g/mol. The fourth-order valence-corrected chi connectivity index (χ4v) is 3.64. The first-order valence-corrected chi connectivity index (χ1v) is 9.29. The van der Waals surface area contributed by atoms with Crippen LogP contribution in [-0.2, 0) is 14.3 Å². The second-order valence-corrected chi connectivity index (χ2v) is 6.80. The zero-order chi connectivity index (χ0) is 20.4. The number of amides is 1. The minimum absolute atomic E-state index is 0.0417. The van der Waals surface area contributed by atoms with E-state index in [-0.39, 0.29) is 24.5 Å². The molecule has 29 heavy (non-hydrogen) atoms. The summed E-state index contributed by atoms with van der Waals surface area (Å²) in [6.07, 6.45) is 1.60. The lowest BCUT2D eigenvalue weighted by Crippen LogP contribution is -2.33. The van der Waals surface area contributed by atoms with E-state index < -0.39 is 17.7 Å². The minimum atomic E-state index is -0.766. The number of likely N-dealkylation sites (tertiary alicyclic amines) is 1. The number of aliphatic hydroxyl groups excluding tert-OH is 1. The Morgan fingerprint density at radius 3 is 2.55 bits per heavy atom. The molecule has 0 aliphatic carbocycles. The monoisotopic (exact) mass is 388 g/mol. The third-order valence-corrected chi connectivity index (χ3v) is 5.07. The number of aromatic nitrogens is 1. The third-order valence-electron chi connectivity index (χ3n) is 5.07. The molecule has 3 aromatic rings. The molecule has 1 fully saturated rings. The minimum Gasteiger partial charge on any atom is -0.507 e. The quantitative estimate of drug-likeness (QED) is 0.412. The molecule has 6 nitrogen and oxygen atoms in total. The van der Waals surface area contributed by atoms with Gasteiger partial charge in [-0.1, -0.05) is 42.5 Å². The zero-order valence-corrected chi connectivity index (χ0v) is 15.9. The van der Waals surface area contributed by atoms with Crippen molar-refractivity contribution in [1.82, 2.24) is 9.88 Å². The predicted molar refractivity (Wildman–Crippen MR) is 109 cm³/mol. The van der Waals surface area contributed by atoms with Crippen molar-refractivity contribution in [2.24, 2.45) is 0 Å². The normalized spacial score (nSPS) is 18.5. The van der Waals surface area contributed by atoms with Crippen molar-refractivity contribution >= 4 is 28.2 Å². The molecule has 1 aliphatic heterocycles. The lowest BCUT2D eigenvalue weighted by atomic mass is 9.97. The van der Waals surface area contributed by atoms with Crippen LogP contribution < -0.4 is 0 Å². The molecular formula is C23H20N2O4. The summed E-state index contributed by atoms with van der Waals surface area (Å²) in [5.74, 6) is -1.59. The highest BCUT2D eigenvalue weighted by atomic mass is 16.5. The van der Waals surface area contributed by atoms with Crippen LogP contribution in [0.3, 0.4) is 0 Å². The Bertz CT molecular complexity index is 1110. The van der Waals surface area contributed by atoms with E-state index in [9.17, 15) is 14.7 Å². The molecule has 1 atom stereocenters. The van der Waals surface area contributed by atoms with Crippen molar-refractivity contribution < 1.29 is 19.4 Å². The van der Waals surface area contributed by atoms with Crippen molar-refractivity contribution in [3.63, 3.8) is 0 Å². The number of ether oxygens (including phenoxy) is 1. The topological polar surface area (TPSA) is 79.7 Å². The lowest BCUT2D eigenvalue weighted by molar-refractivity contribution is -0.140. The van der Waals surface area contributed by atoms with Gasteiger partial charge in [0, 0.05) is 25.4 Å². The summed E-state index contributed by atoms with van der Waals surface area (Å²) >= 11 is 0. The van der Waals surface area contributed by atoms with Gasteiger partial charge in [-0.3, -0.25) is 14.6 Å². The zero-order valence-electron chi connectivity index (χ0n) is 15.9. The molecule has 146 valence electrons. The number of hydrogen-bond donors (Lipinski definition) is 1. The van der Waals surface area contributed by atoms with E-state index in [0.717, 1.165) is 10.8 Å². The van der Waals surface area contributed by atoms with Crippen LogP contribution in [-0.4, -0.2) is 46.9 Å².